The summed E-state index contributed by atoms with van der Waals surface area (Å²) in [5.41, 5.74) is 2.12. The highest BCUT2D eigenvalue weighted by Crippen LogP contribution is 2.21. The monoisotopic (exact) mass is 392 g/mol. The van der Waals surface area contributed by atoms with Gasteiger partial charge in [0.15, 0.2) is 11.4 Å². The molecule has 2 heterocycles. The van der Waals surface area contributed by atoms with Crippen molar-refractivity contribution in [2.24, 2.45) is 5.92 Å². The molecule has 3 N–H and O–H groups in total. The number of aromatic hydroxyl groups is 1. The number of hydrogen-bond acceptors (Lipinski definition) is 4. The number of carbonyl (C=O) groups is 1. The van der Waals surface area contributed by atoms with Crippen molar-refractivity contribution in [2.45, 2.75) is 39.0 Å². The van der Waals surface area contributed by atoms with Crippen molar-refractivity contribution in [2.75, 3.05) is 19.6 Å². The van der Waals surface area contributed by atoms with Gasteiger partial charge in [0.25, 0.3) is 5.91 Å². The van der Waals surface area contributed by atoms with E-state index in [1.165, 1.54) is 24.6 Å². The number of aromatic nitrogens is 2. The van der Waals surface area contributed by atoms with Gasteiger partial charge in [-0.25, -0.2) is 4.68 Å². The second kappa shape index (κ2) is 9.76. The third-order valence-corrected chi connectivity index (χ3v) is 4.97. The van der Waals surface area contributed by atoms with Gasteiger partial charge in [0, 0.05) is 6.54 Å². The number of piperidine rings is 1. The third kappa shape index (κ3) is 5.47. The Balaban J connectivity index is 0.00000261. The highest BCUT2D eigenvalue weighted by Gasteiger charge is 2.18. The van der Waals surface area contributed by atoms with Crippen LogP contribution in [0.2, 0.25) is 0 Å². The zero-order valence-electron chi connectivity index (χ0n) is 15.9. The Morgan fingerprint density at radius 3 is 2.74 bits per heavy atom. The molecule has 2 aromatic rings. The first-order valence-electron chi connectivity index (χ1n) is 9.42. The van der Waals surface area contributed by atoms with E-state index in [4.69, 9.17) is 0 Å². The topological polar surface area (TPSA) is 79.2 Å². The van der Waals surface area contributed by atoms with Gasteiger partial charge >= 0.3 is 0 Å². The van der Waals surface area contributed by atoms with Gasteiger partial charge in [-0.1, -0.05) is 26.0 Å². The van der Waals surface area contributed by atoms with Crippen LogP contribution in [0.25, 0.3) is 5.69 Å². The summed E-state index contributed by atoms with van der Waals surface area (Å²) in [6, 6.07) is 7.96. The minimum Gasteiger partial charge on any atom is -0.504 e. The molecule has 0 spiro atoms. The van der Waals surface area contributed by atoms with Crippen LogP contribution in [0.15, 0.2) is 30.5 Å². The fourth-order valence-corrected chi connectivity index (χ4v) is 3.31. The summed E-state index contributed by atoms with van der Waals surface area (Å²) in [6.07, 6.45) is 4.82. The molecule has 1 fully saturated rings. The van der Waals surface area contributed by atoms with Gasteiger partial charge in [-0.2, -0.15) is 5.10 Å². The maximum Gasteiger partial charge on any atom is 0.275 e. The molecule has 1 aromatic carbocycles. The van der Waals surface area contributed by atoms with Crippen molar-refractivity contribution in [1.82, 2.24) is 20.4 Å². The lowest BCUT2D eigenvalue weighted by atomic mass is 9.96. The number of halogens is 1. The SMILES string of the molecule is CC(C)c1ccc(-n2cc(O)c(C(=O)NCCC3CCCNC3)n2)cc1.Cl. The van der Waals surface area contributed by atoms with Crippen LogP contribution >= 0.6 is 12.4 Å². The molecule has 1 aromatic heterocycles. The summed E-state index contributed by atoms with van der Waals surface area (Å²) in [7, 11) is 0. The number of carbonyl (C=O) groups excluding carboxylic acids is 1. The van der Waals surface area contributed by atoms with Gasteiger partial charge in [-0.15, -0.1) is 12.4 Å². The molecule has 1 aliphatic rings. The Labute approximate surface area is 166 Å². The summed E-state index contributed by atoms with van der Waals surface area (Å²) in [5, 5.41) is 20.6. The van der Waals surface area contributed by atoms with Gasteiger partial charge in [-0.3, -0.25) is 4.79 Å². The first kappa shape index (κ1) is 21.3. The molecule has 0 aliphatic carbocycles. The molecule has 1 atom stereocenters. The Hall–Kier alpha value is -2.05. The summed E-state index contributed by atoms with van der Waals surface area (Å²) in [4.78, 5) is 12.3. The normalized spacial score (nSPS) is 16.8. The van der Waals surface area contributed by atoms with Crippen LogP contribution in [0.3, 0.4) is 0 Å². The smallest absolute Gasteiger partial charge is 0.275 e. The van der Waals surface area contributed by atoms with Crippen LogP contribution in [0.5, 0.6) is 5.75 Å². The summed E-state index contributed by atoms with van der Waals surface area (Å²) in [6.45, 7) is 6.98. The predicted molar refractivity (Wildman–Crippen MR) is 109 cm³/mol. The van der Waals surface area contributed by atoms with Gasteiger partial charge < -0.3 is 15.7 Å². The second-order valence-electron chi connectivity index (χ2n) is 7.31. The molecule has 1 saturated heterocycles. The first-order chi connectivity index (χ1) is 12.5. The zero-order valence-corrected chi connectivity index (χ0v) is 16.8. The van der Waals surface area contributed by atoms with E-state index >= 15 is 0 Å². The number of nitrogens with zero attached hydrogens (tertiary/aromatic N) is 2. The summed E-state index contributed by atoms with van der Waals surface area (Å²) < 4.78 is 1.54. The number of amides is 1. The van der Waals surface area contributed by atoms with Crippen LogP contribution in [0.1, 0.15) is 55.1 Å². The number of rotatable bonds is 6. The highest BCUT2D eigenvalue weighted by atomic mass is 35.5. The quantitative estimate of drug-likeness (QED) is 0.705. The van der Waals surface area contributed by atoms with Crippen LogP contribution < -0.4 is 10.6 Å². The lowest BCUT2D eigenvalue weighted by Crippen LogP contribution is -2.33. The molecule has 7 heteroatoms. The molecule has 1 aliphatic heterocycles. The molecule has 1 unspecified atom stereocenters. The number of hydrogen-bond donors (Lipinski definition) is 3. The predicted octanol–water partition coefficient (Wildman–Crippen LogP) is 3.24. The maximum absolute atomic E-state index is 12.3. The number of nitrogens with one attached hydrogen (secondary N) is 2. The second-order valence-corrected chi connectivity index (χ2v) is 7.31. The molecule has 148 valence electrons. The molecule has 3 rings (SSSR count). The van der Waals surface area contributed by atoms with E-state index in [-0.39, 0.29) is 29.8 Å². The molecule has 0 radical (unpaired) electrons. The van der Waals surface area contributed by atoms with Crippen LogP contribution in [-0.4, -0.2) is 40.4 Å². The van der Waals surface area contributed by atoms with E-state index < -0.39 is 0 Å². The van der Waals surface area contributed by atoms with Crippen molar-refractivity contribution in [3.8, 4) is 11.4 Å². The number of benzene rings is 1. The lowest BCUT2D eigenvalue weighted by molar-refractivity contribution is 0.0942. The minimum atomic E-state index is -0.330. The van der Waals surface area contributed by atoms with E-state index in [2.05, 4.69) is 29.6 Å². The zero-order chi connectivity index (χ0) is 18.5. The van der Waals surface area contributed by atoms with E-state index in [0.717, 1.165) is 25.2 Å². The van der Waals surface area contributed by atoms with Crippen molar-refractivity contribution in [1.29, 1.82) is 0 Å². The first-order valence-corrected chi connectivity index (χ1v) is 9.42. The highest BCUT2D eigenvalue weighted by molar-refractivity contribution is 5.94. The van der Waals surface area contributed by atoms with Crippen molar-refractivity contribution >= 4 is 18.3 Å². The van der Waals surface area contributed by atoms with Crippen LogP contribution in [0, 0.1) is 5.92 Å². The van der Waals surface area contributed by atoms with Gasteiger partial charge in [0.05, 0.1) is 11.9 Å². The van der Waals surface area contributed by atoms with Crippen LogP contribution in [0.4, 0.5) is 0 Å². The largest absolute Gasteiger partial charge is 0.504 e. The van der Waals surface area contributed by atoms with Gasteiger partial charge in [-0.05, 0) is 61.9 Å². The van der Waals surface area contributed by atoms with Crippen molar-refractivity contribution in [3.63, 3.8) is 0 Å². The maximum atomic E-state index is 12.3. The van der Waals surface area contributed by atoms with Crippen molar-refractivity contribution < 1.29 is 9.90 Å². The molecule has 27 heavy (non-hydrogen) atoms. The average Bonchev–Trinajstić information content (AvgIpc) is 3.04. The van der Waals surface area contributed by atoms with E-state index in [1.54, 1.807) is 4.68 Å². The molecule has 6 nitrogen and oxygen atoms in total. The minimum absolute atomic E-state index is 0. The Bertz CT molecular complexity index is 737. The standard InChI is InChI=1S/C20H28N4O2.ClH/c1-14(2)16-5-7-17(8-6-16)24-13-18(25)19(23-24)20(26)22-11-9-15-4-3-10-21-12-15;/h5-8,13-15,21,25H,3-4,9-12H2,1-2H3,(H,22,26);1H. The average molecular weight is 393 g/mol. The van der Waals surface area contributed by atoms with Gasteiger partial charge in [0.2, 0.25) is 0 Å². The third-order valence-electron chi connectivity index (χ3n) is 4.97. The van der Waals surface area contributed by atoms with Crippen LogP contribution in [-0.2, 0) is 0 Å². The van der Waals surface area contributed by atoms with E-state index in [0.29, 0.717) is 18.4 Å². The Kier molecular flexibility index (Phi) is 7.68. The fourth-order valence-electron chi connectivity index (χ4n) is 3.31. The lowest BCUT2D eigenvalue weighted by Gasteiger charge is -2.22. The molecular weight excluding hydrogens is 364 g/mol. The fraction of sp³-hybridized carbons (Fsp3) is 0.500. The van der Waals surface area contributed by atoms with E-state index in [9.17, 15) is 9.90 Å². The summed E-state index contributed by atoms with van der Waals surface area (Å²) >= 11 is 0. The molecule has 0 saturated carbocycles. The van der Waals surface area contributed by atoms with Crippen molar-refractivity contribution in [3.05, 3.63) is 41.7 Å². The molecular formula is C20H29ClN4O2. The van der Waals surface area contributed by atoms with E-state index in [1.807, 2.05) is 24.3 Å². The Morgan fingerprint density at radius 1 is 1.37 bits per heavy atom. The van der Waals surface area contributed by atoms with Gasteiger partial charge in [0.1, 0.15) is 0 Å². The Morgan fingerprint density at radius 2 is 2.11 bits per heavy atom. The summed E-state index contributed by atoms with van der Waals surface area (Å²) in [5.74, 6) is 0.629. The molecule has 1 amide bonds. The molecule has 0 bridgehead atoms.